The third-order valence-corrected chi connectivity index (χ3v) is 2.10. The second kappa shape index (κ2) is 6.03. The molecule has 0 heterocycles. The summed E-state index contributed by atoms with van der Waals surface area (Å²) in [6.07, 6.45) is 1.55. The van der Waals surface area contributed by atoms with Gasteiger partial charge in [-0.25, -0.2) is 0 Å². The lowest BCUT2D eigenvalue weighted by atomic mass is 10.1. The van der Waals surface area contributed by atoms with Crippen molar-refractivity contribution in [3.63, 3.8) is 0 Å². The van der Waals surface area contributed by atoms with Gasteiger partial charge in [-0.3, -0.25) is 9.59 Å². The summed E-state index contributed by atoms with van der Waals surface area (Å²) >= 11 is 0. The van der Waals surface area contributed by atoms with Crippen LogP contribution < -0.4 is 9.47 Å². The van der Waals surface area contributed by atoms with E-state index in [1.807, 2.05) is 6.92 Å². The van der Waals surface area contributed by atoms with Gasteiger partial charge in [-0.15, -0.1) is 0 Å². The van der Waals surface area contributed by atoms with E-state index in [-0.39, 0.29) is 11.9 Å². The molecule has 0 N–H and O–H groups in total. The molecular formula is C13H16O4. The fourth-order valence-electron chi connectivity index (χ4n) is 1.54. The molecule has 0 amide bonds. The minimum absolute atomic E-state index is 0.387. The Kier molecular flexibility index (Phi) is 4.69. The molecule has 0 unspecified atom stereocenters. The van der Waals surface area contributed by atoms with Gasteiger partial charge in [-0.2, -0.15) is 0 Å². The third-order valence-electron chi connectivity index (χ3n) is 2.10. The first-order valence-electron chi connectivity index (χ1n) is 5.53. The standard InChI is InChI=1S/C13H16O4/c1-4-6-11-12(16-9(2)14)7-5-8-13(11)17-10(3)15/h5,7-8H,4,6H2,1-3H3. The molecule has 0 atom stereocenters. The SMILES string of the molecule is CCCc1c(OC(C)=O)cccc1OC(C)=O. The Labute approximate surface area is 101 Å². The van der Waals surface area contributed by atoms with Gasteiger partial charge in [-0.1, -0.05) is 19.4 Å². The third kappa shape index (κ3) is 3.90. The van der Waals surface area contributed by atoms with Gasteiger partial charge in [-0.05, 0) is 18.6 Å². The van der Waals surface area contributed by atoms with E-state index in [0.717, 1.165) is 12.0 Å². The average molecular weight is 236 g/mol. The Morgan fingerprint density at radius 3 is 1.88 bits per heavy atom. The second-order valence-corrected chi connectivity index (χ2v) is 3.67. The first kappa shape index (κ1) is 13.2. The average Bonchev–Trinajstić information content (AvgIpc) is 2.21. The summed E-state index contributed by atoms with van der Waals surface area (Å²) in [5, 5.41) is 0. The monoisotopic (exact) mass is 236 g/mol. The number of ether oxygens (including phenoxy) is 2. The van der Waals surface area contributed by atoms with Crippen LogP contribution in [0, 0.1) is 0 Å². The normalized spacial score (nSPS) is 9.82. The van der Waals surface area contributed by atoms with Crippen molar-refractivity contribution in [2.24, 2.45) is 0 Å². The van der Waals surface area contributed by atoms with Gasteiger partial charge in [0, 0.05) is 19.4 Å². The maximum absolute atomic E-state index is 11.0. The highest BCUT2D eigenvalue weighted by molar-refractivity contribution is 5.72. The van der Waals surface area contributed by atoms with E-state index in [1.165, 1.54) is 13.8 Å². The predicted octanol–water partition coefficient (Wildman–Crippen LogP) is 2.49. The zero-order valence-electron chi connectivity index (χ0n) is 10.3. The lowest BCUT2D eigenvalue weighted by Gasteiger charge is -2.12. The van der Waals surface area contributed by atoms with Gasteiger partial charge in [0.05, 0.1) is 0 Å². The summed E-state index contributed by atoms with van der Waals surface area (Å²) < 4.78 is 10.2. The minimum atomic E-state index is -0.387. The van der Waals surface area contributed by atoms with Crippen LogP contribution in [0.1, 0.15) is 32.8 Å². The Hall–Kier alpha value is -1.84. The van der Waals surface area contributed by atoms with E-state index in [4.69, 9.17) is 9.47 Å². The van der Waals surface area contributed by atoms with Crippen LogP contribution in [0.25, 0.3) is 0 Å². The molecule has 4 nitrogen and oxygen atoms in total. The molecule has 92 valence electrons. The zero-order chi connectivity index (χ0) is 12.8. The van der Waals surface area contributed by atoms with Crippen molar-refractivity contribution in [1.82, 2.24) is 0 Å². The van der Waals surface area contributed by atoms with Crippen molar-refractivity contribution >= 4 is 11.9 Å². The Balaban J connectivity index is 3.11. The van der Waals surface area contributed by atoms with E-state index in [9.17, 15) is 9.59 Å². The molecule has 17 heavy (non-hydrogen) atoms. The van der Waals surface area contributed by atoms with Crippen molar-refractivity contribution in [1.29, 1.82) is 0 Å². The smallest absolute Gasteiger partial charge is 0.308 e. The number of hydrogen-bond acceptors (Lipinski definition) is 4. The summed E-state index contributed by atoms with van der Waals surface area (Å²) in [6, 6.07) is 5.08. The fraction of sp³-hybridized carbons (Fsp3) is 0.385. The van der Waals surface area contributed by atoms with Crippen molar-refractivity contribution in [3.8, 4) is 11.5 Å². The molecule has 0 radical (unpaired) electrons. The van der Waals surface area contributed by atoms with E-state index in [1.54, 1.807) is 18.2 Å². The lowest BCUT2D eigenvalue weighted by Crippen LogP contribution is -2.08. The van der Waals surface area contributed by atoms with E-state index < -0.39 is 0 Å². The van der Waals surface area contributed by atoms with E-state index in [2.05, 4.69) is 0 Å². The molecular weight excluding hydrogens is 220 g/mol. The van der Waals surface area contributed by atoms with Crippen molar-refractivity contribution in [2.45, 2.75) is 33.6 Å². The number of rotatable bonds is 4. The number of benzene rings is 1. The number of esters is 2. The van der Waals surface area contributed by atoms with Gasteiger partial charge in [0.15, 0.2) is 0 Å². The Bertz CT molecular complexity index is 389. The molecule has 1 rings (SSSR count). The molecule has 4 heteroatoms. The van der Waals surface area contributed by atoms with Crippen LogP contribution in [-0.4, -0.2) is 11.9 Å². The highest BCUT2D eigenvalue weighted by Crippen LogP contribution is 2.30. The Morgan fingerprint density at radius 2 is 1.53 bits per heavy atom. The topological polar surface area (TPSA) is 52.6 Å². The maximum atomic E-state index is 11.0. The molecule has 0 aliphatic rings. The number of carbonyl (C=O) groups is 2. The molecule has 0 aromatic heterocycles. The summed E-state index contributed by atoms with van der Waals surface area (Å²) in [4.78, 5) is 21.9. The van der Waals surface area contributed by atoms with Crippen molar-refractivity contribution < 1.29 is 19.1 Å². The van der Waals surface area contributed by atoms with Gasteiger partial charge in [0.25, 0.3) is 0 Å². The molecule has 0 fully saturated rings. The first-order valence-corrected chi connectivity index (χ1v) is 5.53. The quantitative estimate of drug-likeness (QED) is 0.595. The van der Waals surface area contributed by atoms with Crippen molar-refractivity contribution in [2.75, 3.05) is 0 Å². The number of hydrogen-bond donors (Lipinski definition) is 0. The second-order valence-electron chi connectivity index (χ2n) is 3.67. The highest BCUT2D eigenvalue weighted by Gasteiger charge is 2.12. The minimum Gasteiger partial charge on any atom is -0.426 e. The summed E-state index contributed by atoms with van der Waals surface area (Å²) in [6.45, 7) is 4.69. The molecule has 0 saturated heterocycles. The molecule has 1 aromatic carbocycles. The van der Waals surface area contributed by atoms with Crippen LogP contribution in [0.15, 0.2) is 18.2 Å². The summed E-state index contributed by atoms with van der Waals surface area (Å²) in [5.41, 5.74) is 0.750. The van der Waals surface area contributed by atoms with Crippen LogP contribution in [0.2, 0.25) is 0 Å². The van der Waals surface area contributed by atoms with Gasteiger partial charge in [0.2, 0.25) is 0 Å². The largest absolute Gasteiger partial charge is 0.426 e. The van der Waals surface area contributed by atoms with E-state index >= 15 is 0 Å². The molecule has 0 spiro atoms. The zero-order valence-corrected chi connectivity index (χ0v) is 10.3. The Morgan fingerprint density at radius 1 is 1.06 bits per heavy atom. The lowest BCUT2D eigenvalue weighted by molar-refractivity contribution is -0.132. The molecule has 0 aliphatic heterocycles. The molecule has 1 aromatic rings. The maximum Gasteiger partial charge on any atom is 0.308 e. The fourth-order valence-corrected chi connectivity index (χ4v) is 1.54. The molecule has 0 bridgehead atoms. The predicted molar refractivity (Wildman–Crippen MR) is 63.1 cm³/mol. The van der Waals surface area contributed by atoms with Crippen LogP contribution in [-0.2, 0) is 16.0 Å². The van der Waals surface area contributed by atoms with Crippen LogP contribution in [0.3, 0.4) is 0 Å². The van der Waals surface area contributed by atoms with E-state index in [0.29, 0.717) is 17.9 Å². The van der Waals surface area contributed by atoms with Gasteiger partial charge >= 0.3 is 11.9 Å². The number of carbonyl (C=O) groups excluding carboxylic acids is 2. The molecule has 0 saturated carbocycles. The summed E-state index contributed by atoms with van der Waals surface area (Å²) in [7, 11) is 0. The first-order chi connectivity index (χ1) is 8.04. The van der Waals surface area contributed by atoms with Gasteiger partial charge < -0.3 is 9.47 Å². The van der Waals surface area contributed by atoms with Crippen molar-refractivity contribution in [3.05, 3.63) is 23.8 Å². The van der Waals surface area contributed by atoms with Crippen LogP contribution in [0.4, 0.5) is 0 Å². The summed E-state index contributed by atoms with van der Waals surface area (Å²) in [5.74, 6) is 0.140. The van der Waals surface area contributed by atoms with Gasteiger partial charge in [0.1, 0.15) is 11.5 Å². The molecule has 0 aliphatic carbocycles. The highest BCUT2D eigenvalue weighted by atomic mass is 16.5. The van der Waals surface area contributed by atoms with Crippen LogP contribution in [0.5, 0.6) is 11.5 Å². The van der Waals surface area contributed by atoms with Crippen LogP contribution >= 0.6 is 0 Å².